The van der Waals surface area contributed by atoms with Crippen molar-refractivity contribution in [1.29, 1.82) is 0 Å². The number of hydrogen-bond acceptors (Lipinski definition) is 4. The number of nitrogens with zero attached hydrogens (tertiary/aromatic N) is 1. The van der Waals surface area contributed by atoms with Crippen LogP contribution in [0, 0.1) is 6.92 Å². The minimum absolute atomic E-state index is 0.260. The molecule has 0 radical (unpaired) electrons. The van der Waals surface area contributed by atoms with Crippen molar-refractivity contribution >= 4 is 39.1 Å². The molecule has 162 valence electrons. The van der Waals surface area contributed by atoms with Gasteiger partial charge in [0.1, 0.15) is 5.01 Å². The maximum atomic E-state index is 12.4. The fourth-order valence-corrected chi connectivity index (χ4v) is 4.50. The maximum absolute atomic E-state index is 12.4. The molecule has 0 aliphatic rings. The summed E-state index contributed by atoms with van der Waals surface area (Å²) in [5.74, 6) is -1.35. The first-order chi connectivity index (χ1) is 15.4. The monoisotopic (exact) mass is 443 g/mol. The van der Waals surface area contributed by atoms with Crippen LogP contribution in [0.15, 0.2) is 66.7 Å². The molecule has 0 saturated carbocycles. The van der Waals surface area contributed by atoms with Gasteiger partial charge in [0.15, 0.2) is 0 Å². The quantitative estimate of drug-likeness (QED) is 0.392. The second-order valence-corrected chi connectivity index (χ2v) is 8.84. The number of anilines is 1. The summed E-state index contributed by atoms with van der Waals surface area (Å²) in [6.45, 7) is 6.02. The Morgan fingerprint density at radius 2 is 1.69 bits per heavy atom. The molecule has 2 N–H and O–H groups in total. The molecule has 1 unspecified atom stereocenters. The lowest BCUT2D eigenvalue weighted by atomic mass is 10.1. The summed E-state index contributed by atoms with van der Waals surface area (Å²) >= 11 is 1.63. The van der Waals surface area contributed by atoms with Gasteiger partial charge in [0, 0.05) is 11.3 Å². The van der Waals surface area contributed by atoms with E-state index in [0.717, 1.165) is 32.8 Å². The predicted octanol–water partition coefficient (Wildman–Crippen LogP) is 5.65. The lowest BCUT2D eigenvalue weighted by Gasteiger charge is -2.14. The molecular formula is C26H25N3O2S. The fraction of sp³-hybridized carbons (Fsp3) is 0.192. The highest BCUT2D eigenvalue weighted by molar-refractivity contribution is 7.21. The second-order valence-electron chi connectivity index (χ2n) is 7.81. The van der Waals surface area contributed by atoms with Gasteiger partial charge in [0.05, 0.1) is 16.3 Å². The highest BCUT2D eigenvalue weighted by atomic mass is 32.1. The fourth-order valence-electron chi connectivity index (χ4n) is 3.43. The zero-order chi connectivity index (χ0) is 22.7. The summed E-state index contributed by atoms with van der Waals surface area (Å²) in [6.07, 6.45) is 0.959. The predicted molar refractivity (Wildman–Crippen MR) is 131 cm³/mol. The molecule has 0 fully saturated rings. The zero-order valence-electron chi connectivity index (χ0n) is 18.3. The number of carbonyl (C=O) groups excluding carboxylic acids is 2. The van der Waals surface area contributed by atoms with Crippen molar-refractivity contribution in [3.8, 4) is 10.6 Å². The summed E-state index contributed by atoms with van der Waals surface area (Å²) in [7, 11) is 0. The summed E-state index contributed by atoms with van der Waals surface area (Å²) in [5.41, 5.74) is 5.90. The van der Waals surface area contributed by atoms with Crippen LogP contribution in [-0.4, -0.2) is 16.8 Å². The standard InChI is InChI=1S/C26H25N3O2S/c1-4-18-6-8-19(9-7-18)17(3)27-24(30)25(31)28-21-12-10-20(11-13-21)26-29-22-14-5-16(2)15-23(22)32-26/h5-15,17H,4H2,1-3H3,(H,27,30)(H,28,31). The number of rotatable bonds is 5. The lowest BCUT2D eigenvalue weighted by Crippen LogP contribution is -2.36. The van der Waals surface area contributed by atoms with Crippen LogP contribution in [0.1, 0.15) is 36.6 Å². The number of fused-ring (bicyclic) bond motifs is 1. The summed E-state index contributed by atoms with van der Waals surface area (Å²) in [5, 5.41) is 6.33. The van der Waals surface area contributed by atoms with E-state index in [4.69, 9.17) is 0 Å². The third kappa shape index (κ3) is 4.86. The molecule has 1 heterocycles. The third-order valence-corrected chi connectivity index (χ3v) is 6.44. The van der Waals surface area contributed by atoms with Crippen molar-refractivity contribution in [2.45, 2.75) is 33.2 Å². The van der Waals surface area contributed by atoms with Crippen LogP contribution >= 0.6 is 11.3 Å². The van der Waals surface area contributed by atoms with Crippen molar-refractivity contribution in [3.05, 3.63) is 83.4 Å². The average molecular weight is 444 g/mol. The maximum Gasteiger partial charge on any atom is 0.313 e. The number of hydrogen-bond donors (Lipinski definition) is 2. The first-order valence-electron chi connectivity index (χ1n) is 10.6. The Morgan fingerprint density at radius 3 is 2.38 bits per heavy atom. The Hall–Kier alpha value is -3.51. The summed E-state index contributed by atoms with van der Waals surface area (Å²) < 4.78 is 1.15. The Kier molecular flexibility index (Phi) is 6.32. The third-order valence-electron chi connectivity index (χ3n) is 5.38. The van der Waals surface area contributed by atoms with Crippen molar-refractivity contribution in [2.24, 2.45) is 0 Å². The molecule has 0 spiro atoms. The number of carbonyl (C=O) groups is 2. The molecular weight excluding hydrogens is 418 g/mol. The van der Waals surface area contributed by atoms with E-state index in [1.165, 1.54) is 11.1 Å². The minimum atomic E-state index is -0.690. The first kappa shape index (κ1) is 21.7. The van der Waals surface area contributed by atoms with E-state index in [2.05, 4.69) is 41.6 Å². The molecule has 4 aromatic rings. The van der Waals surface area contributed by atoms with Crippen LogP contribution in [0.5, 0.6) is 0 Å². The molecule has 0 bridgehead atoms. The first-order valence-corrected chi connectivity index (χ1v) is 11.4. The van der Waals surface area contributed by atoms with Crippen LogP contribution in [0.2, 0.25) is 0 Å². The van der Waals surface area contributed by atoms with E-state index < -0.39 is 11.8 Å². The molecule has 32 heavy (non-hydrogen) atoms. The van der Waals surface area contributed by atoms with Gasteiger partial charge in [-0.15, -0.1) is 11.3 Å². The SMILES string of the molecule is CCc1ccc(C(C)NC(=O)C(=O)Nc2ccc(-c3nc4ccc(C)cc4s3)cc2)cc1. The van der Waals surface area contributed by atoms with Crippen LogP contribution in [0.4, 0.5) is 5.69 Å². The van der Waals surface area contributed by atoms with Crippen LogP contribution in [0.25, 0.3) is 20.8 Å². The zero-order valence-corrected chi connectivity index (χ0v) is 19.1. The highest BCUT2D eigenvalue weighted by Crippen LogP contribution is 2.31. The molecule has 2 amide bonds. The molecule has 0 saturated heterocycles. The second kappa shape index (κ2) is 9.32. The van der Waals surface area contributed by atoms with E-state index in [-0.39, 0.29) is 6.04 Å². The Labute approximate surface area is 191 Å². The van der Waals surface area contributed by atoms with Crippen molar-refractivity contribution in [2.75, 3.05) is 5.32 Å². The largest absolute Gasteiger partial charge is 0.341 e. The van der Waals surface area contributed by atoms with Crippen molar-refractivity contribution < 1.29 is 9.59 Å². The Balaban J connectivity index is 1.38. The average Bonchev–Trinajstić information content (AvgIpc) is 3.22. The van der Waals surface area contributed by atoms with E-state index in [1.54, 1.807) is 23.5 Å². The molecule has 6 heteroatoms. The van der Waals surface area contributed by atoms with E-state index >= 15 is 0 Å². The highest BCUT2D eigenvalue weighted by Gasteiger charge is 2.17. The number of benzene rings is 3. The van der Waals surface area contributed by atoms with Gasteiger partial charge >= 0.3 is 11.8 Å². The van der Waals surface area contributed by atoms with E-state index in [0.29, 0.717) is 5.69 Å². The molecule has 5 nitrogen and oxygen atoms in total. The van der Waals surface area contributed by atoms with Gasteiger partial charge < -0.3 is 10.6 Å². The number of amides is 2. The van der Waals surface area contributed by atoms with Gasteiger partial charge in [0.25, 0.3) is 0 Å². The van der Waals surface area contributed by atoms with E-state index in [9.17, 15) is 9.59 Å². The van der Waals surface area contributed by atoms with Gasteiger partial charge in [-0.2, -0.15) is 0 Å². The lowest BCUT2D eigenvalue weighted by molar-refractivity contribution is -0.136. The number of thiazole rings is 1. The molecule has 0 aliphatic heterocycles. The summed E-state index contributed by atoms with van der Waals surface area (Å²) in [4.78, 5) is 29.4. The number of nitrogens with one attached hydrogen (secondary N) is 2. The van der Waals surface area contributed by atoms with Crippen LogP contribution < -0.4 is 10.6 Å². The smallest absolute Gasteiger partial charge is 0.313 e. The molecule has 0 aliphatic carbocycles. The topological polar surface area (TPSA) is 71.1 Å². The van der Waals surface area contributed by atoms with Gasteiger partial charge in [-0.25, -0.2) is 4.98 Å². The van der Waals surface area contributed by atoms with Crippen LogP contribution in [-0.2, 0) is 16.0 Å². The van der Waals surface area contributed by atoms with Crippen molar-refractivity contribution in [1.82, 2.24) is 10.3 Å². The molecule has 1 aromatic heterocycles. The Morgan fingerprint density at radius 1 is 0.969 bits per heavy atom. The summed E-state index contributed by atoms with van der Waals surface area (Å²) in [6, 6.07) is 21.3. The van der Waals surface area contributed by atoms with Crippen molar-refractivity contribution in [3.63, 3.8) is 0 Å². The van der Waals surface area contributed by atoms with Gasteiger partial charge in [-0.1, -0.05) is 37.3 Å². The van der Waals surface area contributed by atoms with Gasteiger partial charge in [-0.05, 0) is 73.4 Å². The normalized spacial score (nSPS) is 11.8. The van der Waals surface area contributed by atoms with Gasteiger partial charge in [0.2, 0.25) is 0 Å². The Bertz CT molecular complexity index is 1260. The number of aryl methyl sites for hydroxylation is 2. The van der Waals surface area contributed by atoms with Gasteiger partial charge in [-0.3, -0.25) is 9.59 Å². The molecule has 4 rings (SSSR count). The minimum Gasteiger partial charge on any atom is -0.341 e. The molecule has 1 atom stereocenters. The number of aromatic nitrogens is 1. The van der Waals surface area contributed by atoms with Crippen LogP contribution in [0.3, 0.4) is 0 Å². The molecule has 3 aromatic carbocycles. The van der Waals surface area contributed by atoms with E-state index in [1.807, 2.05) is 49.4 Å².